The van der Waals surface area contributed by atoms with Gasteiger partial charge in [-0.05, 0) is 42.9 Å². The molecule has 1 saturated carbocycles. The lowest BCUT2D eigenvalue weighted by Crippen LogP contribution is -2.27. The summed E-state index contributed by atoms with van der Waals surface area (Å²) in [5, 5.41) is 7.09. The molecule has 3 rings (SSSR count). The van der Waals surface area contributed by atoms with Crippen LogP contribution in [0.4, 0.5) is 5.69 Å². The van der Waals surface area contributed by atoms with Gasteiger partial charge in [-0.1, -0.05) is 24.6 Å². The minimum atomic E-state index is 0.949. The van der Waals surface area contributed by atoms with Gasteiger partial charge in [-0.2, -0.15) is 0 Å². The Kier molecular flexibility index (Phi) is 2.83. The van der Waals surface area contributed by atoms with Crippen molar-refractivity contribution in [3.05, 3.63) is 29.3 Å². The molecule has 16 heavy (non-hydrogen) atoms. The fraction of sp³-hybridized carbons (Fsp3) is 0.571. The molecule has 0 unspecified atom stereocenters. The highest BCUT2D eigenvalue weighted by Crippen LogP contribution is 2.27. The summed E-state index contributed by atoms with van der Waals surface area (Å²) in [6.45, 7) is 3.32. The number of hydrogen-bond acceptors (Lipinski definition) is 2. The van der Waals surface area contributed by atoms with E-state index in [1.807, 2.05) is 0 Å². The SMILES string of the molecule is c1cc2c(c(CNCC3CCC3)c1)NCC2. The zero-order valence-corrected chi connectivity index (χ0v) is 9.76. The lowest BCUT2D eigenvalue weighted by Gasteiger charge is -2.25. The quantitative estimate of drug-likeness (QED) is 0.808. The van der Waals surface area contributed by atoms with Gasteiger partial charge in [0.25, 0.3) is 0 Å². The highest BCUT2D eigenvalue weighted by Gasteiger charge is 2.17. The lowest BCUT2D eigenvalue weighted by atomic mass is 9.85. The van der Waals surface area contributed by atoms with Crippen LogP contribution in [0.15, 0.2) is 18.2 Å². The number of anilines is 1. The molecule has 2 N–H and O–H groups in total. The summed E-state index contributed by atoms with van der Waals surface area (Å²) < 4.78 is 0. The van der Waals surface area contributed by atoms with Gasteiger partial charge in [-0.3, -0.25) is 0 Å². The summed E-state index contributed by atoms with van der Waals surface area (Å²) in [4.78, 5) is 0. The molecule has 1 aliphatic carbocycles. The number of fused-ring (bicyclic) bond motifs is 1. The second kappa shape index (κ2) is 4.46. The van der Waals surface area contributed by atoms with E-state index in [1.54, 1.807) is 0 Å². The normalized spacial score (nSPS) is 19.0. The first-order chi connectivity index (χ1) is 7.93. The molecule has 2 nitrogen and oxygen atoms in total. The standard InChI is InChI=1S/C14H20N2/c1-3-11(4-1)9-15-10-13-6-2-5-12-7-8-16-14(12)13/h2,5-6,11,15-16H,1,3-4,7-10H2. The van der Waals surface area contributed by atoms with Crippen LogP contribution in [-0.2, 0) is 13.0 Å². The van der Waals surface area contributed by atoms with Crippen molar-refractivity contribution >= 4 is 5.69 Å². The second-order valence-electron chi connectivity index (χ2n) is 5.06. The maximum atomic E-state index is 3.59. The molecule has 1 aliphatic heterocycles. The molecule has 1 fully saturated rings. The van der Waals surface area contributed by atoms with E-state index < -0.39 is 0 Å². The molecular formula is C14H20N2. The number of benzene rings is 1. The van der Waals surface area contributed by atoms with Crippen LogP contribution in [0.25, 0.3) is 0 Å². The molecule has 0 atom stereocenters. The summed E-state index contributed by atoms with van der Waals surface area (Å²) in [5.41, 5.74) is 4.32. The average molecular weight is 216 g/mol. The summed E-state index contributed by atoms with van der Waals surface area (Å²) in [6, 6.07) is 6.67. The third kappa shape index (κ3) is 1.94. The smallest absolute Gasteiger partial charge is 0.0419 e. The van der Waals surface area contributed by atoms with Gasteiger partial charge in [-0.25, -0.2) is 0 Å². The Morgan fingerprint density at radius 3 is 3.06 bits per heavy atom. The van der Waals surface area contributed by atoms with E-state index in [9.17, 15) is 0 Å². The first kappa shape index (κ1) is 10.2. The van der Waals surface area contributed by atoms with E-state index in [0.717, 1.165) is 19.0 Å². The number of rotatable bonds is 4. The third-order valence-electron chi connectivity index (χ3n) is 3.91. The Labute approximate surface area is 97.4 Å². The van der Waals surface area contributed by atoms with Crippen LogP contribution in [-0.4, -0.2) is 13.1 Å². The van der Waals surface area contributed by atoms with Crippen LogP contribution in [0.2, 0.25) is 0 Å². The predicted molar refractivity (Wildman–Crippen MR) is 67.7 cm³/mol. The van der Waals surface area contributed by atoms with E-state index in [2.05, 4.69) is 28.8 Å². The monoisotopic (exact) mass is 216 g/mol. The second-order valence-corrected chi connectivity index (χ2v) is 5.06. The molecule has 0 bridgehead atoms. The lowest BCUT2D eigenvalue weighted by molar-refractivity contribution is 0.301. The van der Waals surface area contributed by atoms with Crippen LogP contribution in [0.1, 0.15) is 30.4 Å². The molecule has 0 amide bonds. The Morgan fingerprint density at radius 1 is 1.31 bits per heavy atom. The van der Waals surface area contributed by atoms with Crippen molar-refractivity contribution in [3.8, 4) is 0 Å². The van der Waals surface area contributed by atoms with Gasteiger partial charge >= 0.3 is 0 Å². The summed E-state index contributed by atoms with van der Waals surface area (Å²) in [5.74, 6) is 0.949. The van der Waals surface area contributed by atoms with Gasteiger partial charge in [0, 0.05) is 18.8 Å². The average Bonchev–Trinajstić information content (AvgIpc) is 2.70. The van der Waals surface area contributed by atoms with Gasteiger partial charge in [-0.15, -0.1) is 0 Å². The highest BCUT2D eigenvalue weighted by atomic mass is 14.9. The molecule has 0 spiro atoms. The van der Waals surface area contributed by atoms with E-state index in [4.69, 9.17) is 0 Å². The van der Waals surface area contributed by atoms with Crippen LogP contribution < -0.4 is 10.6 Å². The molecule has 0 aromatic heterocycles. The molecule has 1 heterocycles. The molecule has 0 radical (unpaired) electrons. The van der Waals surface area contributed by atoms with Crippen molar-refractivity contribution < 1.29 is 0 Å². The molecular weight excluding hydrogens is 196 g/mol. The maximum absolute atomic E-state index is 3.59. The van der Waals surface area contributed by atoms with Crippen LogP contribution >= 0.6 is 0 Å². The number of para-hydroxylation sites is 1. The summed E-state index contributed by atoms with van der Waals surface area (Å²) in [7, 11) is 0. The van der Waals surface area contributed by atoms with Crippen molar-refractivity contribution in [2.75, 3.05) is 18.4 Å². The van der Waals surface area contributed by atoms with Crippen molar-refractivity contribution in [2.45, 2.75) is 32.2 Å². The van der Waals surface area contributed by atoms with E-state index in [-0.39, 0.29) is 0 Å². The van der Waals surface area contributed by atoms with E-state index in [0.29, 0.717) is 0 Å². The fourth-order valence-electron chi connectivity index (χ4n) is 2.67. The Bertz CT molecular complexity index is 369. The molecule has 2 heteroatoms. The Morgan fingerprint density at radius 2 is 2.25 bits per heavy atom. The van der Waals surface area contributed by atoms with Crippen molar-refractivity contribution in [3.63, 3.8) is 0 Å². The highest BCUT2D eigenvalue weighted by molar-refractivity contribution is 5.61. The number of hydrogen-bond donors (Lipinski definition) is 2. The summed E-state index contributed by atoms with van der Waals surface area (Å²) >= 11 is 0. The molecule has 86 valence electrons. The number of nitrogens with one attached hydrogen (secondary N) is 2. The Hall–Kier alpha value is -1.02. The van der Waals surface area contributed by atoms with Crippen LogP contribution in [0.5, 0.6) is 0 Å². The van der Waals surface area contributed by atoms with E-state index in [1.165, 1.54) is 49.0 Å². The predicted octanol–water partition coefficient (Wildman–Crippen LogP) is 2.54. The first-order valence-electron chi connectivity index (χ1n) is 6.49. The van der Waals surface area contributed by atoms with Crippen molar-refractivity contribution in [2.24, 2.45) is 5.92 Å². The van der Waals surface area contributed by atoms with Crippen LogP contribution in [0, 0.1) is 5.92 Å². The largest absolute Gasteiger partial charge is 0.384 e. The van der Waals surface area contributed by atoms with Gasteiger partial charge in [0.05, 0.1) is 0 Å². The molecule has 1 aromatic rings. The topological polar surface area (TPSA) is 24.1 Å². The van der Waals surface area contributed by atoms with Crippen LogP contribution in [0.3, 0.4) is 0 Å². The van der Waals surface area contributed by atoms with Gasteiger partial charge in [0.2, 0.25) is 0 Å². The van der Waals surface area contributed by atoms with Gasteiger partial charge < -0.3 is 10.6 Å². The molecule has 1 aromatic carbocycles. The Balaban J connectivity index is 1.59. The third-order valence-corrected chi connectivity index (χ3v) is 3.91. The minimum absolute atomic E-state index is 0.949. The molecule has 2 aliphatic rings. The zero-order chi connectivity index (χ0) is 10.8. The fourth-order valence-corrected chi connectivity index (χ4v) is 2.67. The molecule has 0 saturated heterocycles. The van der Waals surface area contributed by atoms with Gasteiger partial charge in [0.15, 0.2) is 0 Å². The minimum Gasteiger partial charge on any atom is -0.384 e. The maximum Gasteiger partial charge on any atom is 0.0419 e. The zero-order valence-electron chi connectivity index (χ0n) is 9.76. The first-order valence-corrected chi connectivity index (χ1v) is 6.49. The summed E-state index contributed by atoms with van der Waals surface area (Å²) in [6.07, 6.45) is 5.48. The van der Waals surface area contributed by atoms with Gasteiger partial charge in [0.1, 0.15) is 0 Å². The van der Waals surface area contributed by atoms with E-state index >= 15 is 0 Å². The van der Waals surface area contributed by atoms with Crippen molar-refractivity contribution in [1.82, 2.24) is 5.32 Å². The van der Waals surface area contributed by atoms with Crippen molar-refractivity contribution in [1.29, 1.82) is 0 Å².